The summed E-state index contributed by atoms with van der Waals surface area (Å²) >= 11 is 0. The van der Waals surface area contributed by atoms with Gasteiger partial charge < -0.3 is 20.6 Å². The smallest absolute Gasteiger partial charge is 0.322 e. The molecule has 1 fully saturated rings. The molecule has 0 spiro atoms. The highest BCUT2D eigenvalue weighted by Crippen LogP contribution is 2.33. The third-order valence-electron chi connectivity index (χ3n) is 6.17. The summed E-state index contributed by atoms with van der Waals surface area (Å²) in [5.74, 6) is -1.31. The predicted molar refractivity (Wildman–Crippen MR) is 138 cm³/mol. The van der Waals surface area contributed by atoms with Gasteiger partial charge in [-0.05, 0) is 41.3 Å². The first-order valence-electron chi connectivity index (χ1n) is 11.7. The summed E-state index contributed by atoms with van der Waals surface area (Å²) in [5, 5.41) is 14.8. The lowest BCUT2D eigenvalue weighted by Crippen LogP contribution is -2.28. The number of para-hydroxylation sites is 2. The Hall–Kier alpha value is -4.13. The van der Waals surface area contributed by atoms with E-state index in [1.165, 1.54) is 0 Å². The summed E-state index contributed by atoms with van der Waals surface area (Å²) in [4.78, 5) is 38.4. The zero-order chi connectivity index (χ0) is 24.9. The Bertz CT molecular complexity index is 1240. The Kier molecular flexibility index (Phi) is 7.15. The van der Waals surface area contributed by atoms with Crippen LogP contribution in [0, 0.1) is 5.92 Å². The van der Waals surface area contributed by atoms with Gasteiger partial charge in [-0.1, -0.05) is 62.4 Å². The number of rotatable bonds is 8. The first kappa shape index (κ1) is 24.0. The first-order valence-corrected chi connectivity index (χ1v) is 11.7. The lowest BCUT2D eigenvalue weighted by Gasteiger charge is -2.22. The zero-order valence-corrected chi connectivity index (χ0v) is 19.8. The molecular weight excluding hydrogens is 442 g/mol. The van der Waals surface area contributed by atoms with E-state index in [0.717, 1.165) is 28.1 Å². The Labute approximate surface area is 204 Å². The van der Waals surface area contributed by atoms with Crippen LogP contribution in [0.1, 0.15) is 31.7 Å². The third-order valence-corrected chi connectivity index (χ3v) is 6.17. The highest BCUT2D eigenvalue weighted by Gasteiger charge is 2.36. The second-order valence-electron chi connectivity index (χ2n) is 8.98. The molecule has 7 nitrogen and oxygen atoms in total. The molecule has 0 saturated carbocycles. The van der Waals surface area contributed by atoms with Crippen molar-refractivity contribution in [2.45, 2.75) is 26.2 Å². The van der Waals surface area contributed by atoms with E-state index in [9.17, 15) is 14.4 Å². The maximum Gasteiger partial charge on any atom is 0.322 e. The highest BCUT2D eigenvalue weighted by molar-refractivity contribution is 6.04. The summed E-state index contributed by atoms with van der Waals surface area (Å²) in [6, 6.07) is 22.7. The van der Waals surface area contributed by atoms with Gasteiger partial charge in [-0.15, -0.1) is 0 Å². The van der Waals surface area contributed by atoms with E-state index in [4.69, 9.17) is 5.11 Å². The summed E-state index contributed by atoms with van der Waals surface area (Å²) < 4.78 is 0. The minimum atomic E-state index is -0.936. The van der Waals surface area contributed by atoms with Crippen LogP contribution >= 0.6 is 0 Å². The molecule has 1 aliphatic heterocycles. The van der Waals surface area contributed by atoms with Crippen LogP contribution in [0.5, 0.6) is 0 Å². The van der Waals surface area contributed by atoms with Crippen molar-refractivity contribution in [3.8, 4) is 11.1 Å². The van der Waals surface area contributed by atoms with Crippen molar-refractivity contribution in [2.75, 3.05) is 28.6 Å². The number of aliphatic carboxylic acids is 1. The summed E-state index contributed by atoms with van der Waals surface area (Å²) in [7, 11) is 0. The second-order valence-corrected chi connectivity index (χ2v) is 8.98. The topological polar surface area (TPSA) is 98.7 Å². The number of benzene rings is 3. The van der Waals surface area contributed by atoms with Crippen LogP contribution < -0.4 is 15.5 Å². The molecule has 1 aliphatic rings. The van der Waals surface area contributed by atoms with Crippen LogP contribution in [0.4, 0.5) is 17.1 Å². The molecule has 180 valence electrons. The molecule has 1 saturated heterocycles. The molecule has 0 bridgehead atoms. The molecule has 0 radical (unpaired) electrons. The number of hydrogen-bond donors (Lipinski definition) is 3. The molecule has 1 atom stereocenters. The van der Waals surface area contributed by atoms with Crippen molar-refractivity contribution >= 4 is 34.8 Å². The Morgan fingerprint density at radius 2 is 1.69 bits per heavy atom. The molecule has 1 unspecified atom stereocenters. The molecule has 3 aromatic rings. The van der Waals surface area contributed by atoms with E-state index >= 15 is 0 Å². The Balaban J connectivity index is 1.44. The summed E-state index contributed by atoms with van der Waals surface area (Å²) in [6.07, 6.45) is 0.180. The maximum absolute atomic E-state index is 13.0. The minimum absolute atomic E-state index is 0.0425. The monoisotopic (exact) mass is 471 g/mol. The molecular formula is C28H29N3O4. The normalized spacial score (nSPS) is 15.3. The van der Waals surface area contributed by atoms with Gasteiger partial charge in [0.05, 0.1) is 5.92 Å². The van der Waals surface area contributed by atoms with Gasteiger partial charge in [-0.3, -0.25) is 14.4 Å². The molecule has 3 N–H and O–H groups in total. The van der Waals surface area contributed by atoms with Crippen LogP contribution in [0.15, 0.2) is 72.8 Å². The van der Waals surface area contributed by atoms with Crippen LogP contribution in [0.2, 0.25) is 0 Å². The van der Waals surface area contributed by atoms with Crippen molar-refractivity contribution in [3.05, 3.63) is 78.4 Å². The van der Waals surface area contributed by atoms with Crippen LogP contribution in [-0.2, 0) is 14.4 Å². The van der Waals surface area contributed by atoms with Gasteiger partial charge in [-0.25, -0.2) is 0 Å². The molecule has 0 aromatic heterocycles. The lowest BCUT2D eigenvalue weighted by molar-refractivity contribution is -0.135. The largest absolute Gasteiger partial charge is 0.480 e. The second kappa shape index (κ2) is 10.4. The highest BCUT2D eigenvalue weighted by atomic mass is 16.4. The fourth-order valence-electron chi connectivity index (χ4n) is 4.37. The van der Waals surface area contributed by atoms with Gasteiger partial charge in [0.1, 0.15) is 6.54 Å². The SMILES string of the molecule is CC(C)c1ccccc1N1CC(C(=O)Nc2ccc(-c3ccccc3NCC(=O)O)cc2)CC1=O. The molecule has 1 heterocycles. The predicted octanol–water partition coefficient (Wildman–Crippen LogP) is 4.97. The van der Waals surface area contributed by atoms with E-state index in [1.54, 1.807) is 4.90 Å². The fraction of sp³-hybridized carbons (Fsp3) is 0.250. The van der Waals surface area contributed by atoms with Gasteiger partial charge in [-0.2, -0.15) is 0 Å². The van der Waals surface area contributed by atoms with Crippen molar-refractivity contribution in [2.24, 2.45) is 5.92 Å². The van der Waals surface area contributed by atoms with Crippen molar-refractivity contribution in [1.82, 2.24) is 0 Å². The van der Waals surface area contributed by atoms with Crippen LogP contribution in [0.3, 0.4) is 0 Å². The van der Waals surface area contributed by atoms with Gasteiger partial charge >= 0.3 is 5.97 Å². The molecule has 2 amide bonds. The van der Waals surface area contributed by atoms with E-state index < -0.39 is 11.9 Å². The number of carboxylic acids is 1. The number of carbonyl (C=O) groups excluding carboxylic acids is 2. The Morgan fingerprint density at radius 3 is 2.40 bits per heavy atom. The number of nitrogens with one attached hydrogen (secondary N) is 2. The van der Waals surface area contributed by atoms with E-state index in [1.807, 2.05) is 72.8 Å². The van der Waals surface area contributed by atoms with Crippen molar-refractivity contribution in [3.63, 3.8) is 0 Å². The average Bonchev–Trinajstić information content (AvgIpc) is 3.25. The molecule has 3 aromatic carbocycles. The quantitative estimate of drug-likeness (QED) is 0.431. The number of nitrogens with zero attached hydrogens (tertiary/aromatic N) is 1. The van der Waals surface area contributed by atoms with Gasteiger partial charge in [0.25, 0.3) is 0 Å². The lowest BCUT2D eigenvalue weighted by atomic mass is 10.0. The summed E-state index contributed by atoms with van der Waals surface area (Å²) in [5.41, 5.74) is 5.09. The van der Waals surface area contributed by atoms with Crippen molar-refractivity contribution < 1.29 is 19.5 Å². The van der Waals surface area contributed by atoms with Gasteiger partial charge in [0.2, 0.25) is 11.8 Å². The van der Waals surface area contributed by atoms with Crippen LogP contribution in [0.25, 0.3) is 11.1 Å². The number of hydrogen-bond acceptors (Lipinski definition) is 4. The number of amides is 2. The molecule has 35 heavy (non-hydrogen) atoms. The number of carboxylic acid groups (broad SMARTS) is 1. The van der Waals surface area contributed by atoms with E-state index in [-0.39, 0.29) is 30.7 Å². The molecule has 4 rings (SSSR count). The molecule has 0 aliphatic carbocycles. The first-order chi connectivity index (χ1) is 16.8. The minimum Gasteiger partial charge on any atom is -0.480 e. The summed E-state index contributed by atoms with van der Waals surface area (Å²) in [6.45, 7) is 4.36. The van der Waals surface area contributed by atoms with E-state index in [0.29, 0.717) is 12.2 Å². The van der Waals surface area contributed by atoms with E-state index in [2.05, 4.69) is 24.5 Å². The standard InChI is InChI=1S/C28H29N3O4/c1-18(2)22-7-4-6-10-25(22)31-17-20(15-26(31)32)28(35)30-21-13-11-19(12-14-21)23-8-3-5-9-24(23)29-16-27(33)34/h3-14,18,20,29H,15-17H2,1-2H3,(H,30,35)(H,33,34). The zero-order valence-electron chi connectivity index (χ0n) is 19.8. The molecule has 7 heteroatoms. The average molecular weight is 472 g/mol. The van der Waals surface area contributed by atoms with Crippen LogP contribution in [-0.4, -0.2) is 36.0 Å². The fourth-order valence-corrected chi connectivity index (χ4v) is 4.37. The maximum atomic E-state index is 13.0. The Morgan fingerprint density at radius 1 is 1.00 bits per heavy atom. The van der Waals surface area contributed by atoms with Gasteiger partial charge in [0.15, 0.2) is 0 Å². The van der Waals surface area contributed by atoms with Crippen molar-refractivity contribution in [1.29, 1.82) is 0 Å². The third kappa shape index (κ3) is 5.51. The number of anilines is 3. The van der Waals surface area contributed by atoms with Gasteiger partial charge in [0, 0.05) is 35.6 Å². The number of carbonyl (C=O) groups is 3.